The Morgan fingerprint density at radius 3 is 2.17 bits per heavy atom. The van der Waals surface area contributed by atoms with Gasteiger partial charge in [-0.15, -0.1) is 0 Å². The van der Waals surface area contributed by atoms with Crippen molar-refractivity contribution in [1.29, 1.82) is 0 Å². The third kappa shape index (κ3) is 3.69. The standard InChI is InChI=1S/C15H20O3/c1-10(2)14(16)13(15(17)18-4)9-12-7-5-11(3)6-8-12/h5-8,10,13H,9H2,1-4H3. The van der Waals surface area contributed by atoms with Gasteiger partial charge in [-0.3, -0.25) is 9.59 Å². The van der Waals surface area contributed by atoms with E-state index in [4.69, 9.17) is 4.74 Å². The predicted molar refractivity (Wildman–Crippen MR) is 70.2 cm³/mol. The summed E-state index contributed by atoms with van der Waals surface area (Å²) in [5, 5.41) is 0. The molecule has 0 saturated heterocycles. The summed E-state index contributed by atoms with van der Waals surface area (Å²) < 4.78 is 4.72. The van der Waals surface area contributed by atoms with E-state index in [0.29, 0.717) is 6.42 Å². The lowest BCUT2D eigenvalue weighted by molar-refractivity contribution is -0.150. The number of aryl methyl sites for hydroxylation is 1. The number of ketones is 1. The van der Waals surface area contributed by atoms with E-state index in [1.165, 1.54) is 7.11 Å². The Balaban J connectivity index is 2.88. The van der Waals surface area contributed by atoms with E-state index < -0.39 is 11.9 Å². The molecular weight excluding hydrogens is 228 g/mol. The highest BCUT2D eigenvalue weighted by atomic mass is 16.5. The van der Waals surface area contributed by atoms with Gasteiger partial charge in [0.15, 0.2) is 0 Å². The van der Waals surface area contributed by atoms with Crippen molar-refractivity contribution in [3.63, 3.8) is 0 Å². The monoisotopic (exact) mass is 248 g/mol. The van der Waals surface area contributed by atoms with E-state index in [1.54, 1.807) is 13.8 Å². The summed E-state index contributed by atoms with van der Waals surface area (Å²) in [5.41, 5.74) is 2.13. The quantitative estimate of drug-likeness (QED) is 0.594. The number of hydrogen-bond acceptors (Lipinski definition) is 3. The van der Waals surface area contributed by atoms with E-state index >= 15 is 0 Å². The molecule has 0 aliphatic heterocycles. The van der Waals surface area contributed by atoms with Gasteiger partial charge in [-0.2, -0.15) is 0 Å². The number of carbonyl (C=O) groups is 2. The summed E-state index contributed by atoms with van der Waals surface area (Å²) >= 11 is 0. The van der Waals surface area contributed by atoms with Crippen molar-refractivity contribution in [2.75, 3.05) is 7.11 Å². The van der Waals surface area contributed by atoms with Gasteiger partial charge in [0, 0.05) is 5.92 Å². The first-order valence-electron chi connectivity index (χ1n) is 6.12. The van der Waals surface area contributed by atoms with Crippen LogP contribution < -0.4 is 0 Å². The molecule has 0 saturated carbocycles. The van der Waals surface area contributed by atoms with Crippen LogP contribution >= 0.6 is 0 Å². The zero-order valence-electron chi connectivity index (χ0n) is 11.4. The molecule has 1 atom stereocenters. The highest BCUT2D eigenvalue weighted by Gasteiger charge is 2.29. The molecule has 0 amide bonds. The lowest BCUT2D eigenvalue weighted by Gasteiger charge is -2.15. The summed E-state index contributed by atoms with van der Waals surface area (Å²) in [7, 11) is 1.32. The maximum absolute atomic E-state index is 12.0. The van der Waals surface area contributed by atoms with Gasteiger partial charge in [-0.1, -0.05) is 43.7 Å². The minimum absolute atomic E-state index is 0.0672. The first-order chi connectivity index (χ1) is 8.45. The molecule has 1 unspecified atom stereocenters. The summed E-state index contributed by atoms with van der Waals surface area (Å²) in [6, 6.07) is 7.84. The molecule has 98 valence electrons. The minimum Gasteiger partial charge on any atom is -0.468 e. The van der Waals surface area contributed by atoms with Crippen molar-refractivity contribution >= 4 is 11.8 Å². The van der Waals surface area contributed by atoms with Crippen molar-refractivity contribution in [3.05, 3.63) is 35.4 Å². The van der Waals surface area contributed by atoms with Gasteiger partial charge in [0.2, 0.25) is 0 Å². The molecule has 0 aliphatic carbocycles. The van der Waals surface area contributed by atoms with Crippen molar-refractivity contribution in [1.82, 2.24) is 0 Å². The molecular formula is C15H20O3. The van der Waals surface area contributed by atoms with Crippen LogP contribution in [0.1, 0.15) is 25.0 Å². The van der Waals surface area contributed by atoms with E-state index in [-0.39, 0.29) is 11.7 Å². The molecule has 3 heteroatoms. The van der Waals surface area contributed by atoms with Crippen LogP contribution in [0.25, 0.3) is 0 Å². The topological polar surface area (TPSA) is 43.4 Å². The van der Waals surface area contributed by atoms with Crippen LogP contribution in [-0.4, -0.2) is 18.9 Å². The van der Waals surface area contributed by atoms with E-state index in [2.05, 4.69) is 0 Å². The maximum atomic E-state index is 12.0. The van der Waals surface area contributed by atoms with Crippen LogP contribution in [-0.2, 0) is 20.7 Å². The van der Waals surface area contributed by atoms with Crippen molar-refractivity contribution in [2.24, 2.45) is 11.8 Å². The summed E-state index contributed by atoms with van der Waals surface area (Å²) in [6.45, 7) is 5.60. The average Bonchev–Trinajstić information content (AvgIpc) is 2.36. The van der Waals surface area contributed by atoms with Crippen LogP contribution in [0.5, 0.6) is 0 Å². The SMILES string of the molecule is COC(=O)C(Cc1ccc(C)cc1)C(=O)C(C)C. The number of methoxy groups -OCH3 is 1. The first kappa shape index (κ1) is 14.4. The second-order valence-corrected chi connectivity index (χ2v) is 4.82. The molecule has 0 aromatic heterocycles. The maximum Gasteiger partial charge on any atom is 0.316 e. The number of ether oxygens (including phenoxy) is 1. The van der Waals surface area contributed by atoms with Crippen LogP contribution in [0.3, 0.4) is 0 Å². The number of hydrogen-bond donors (Lipinski definition) is 0. The lowest BCUT2D eigenvalue weighted by atomic mass is 9.89. The lowest BCUT2D eigenvalue weighted by Crippen LogP contribution is -2.30. The molecule has 0 fully saturated rings. The van der Waals surface area contributed by atoms with Gasteiger partial charge in [-0.25, -0.2) is 0 Å². The van der Waals surface area contributed by atoms with Crippen LogP contribution in [0, 0.1) is 18.8 Å². The molecule has 0 aliphatic rings. The molecule has 0 radical (unpaired) electrons. The molecule has 3 nitrogen and oxygen atoms in total. The molecule has 0 heterocycles. The zero-order valence-corrected chi connectivity index (χ0v) is 11.4. The summed E-state index contributed by atoms with van der Waals surface area (Å²) in [5.74, 6) is -1.38. The number of benzene rings is 1. The van der Waals surface area contributed by atoms with Crippen LogP contribution in [0.15, 0.2) is 24.3 Å². The van der Waals surface area contributed by atoms with Crippen LogP contribution in [0.2, 0.25) is 0 Å². The highest BCUT2D eigenvalue weighted by molar-refractivity contribution is 6.00. The largest absolute Gasteiger partial charge is 0.468 e. The van der Waals surface area contributed by atoms with Crippen molar-refractivity contribution in [2.45, 2.75) is 27.2 Å². The second kappa shape index (κ2) is 6.34. The third-order valence-corrected chi connectivity index (χ3v) is 2.96. The molecule has 0 bridgehead atoms. The minimum atomic E-state index is -0.697. The van der Waals surface area contributed by atoms with Gasteiger partial charge in [-0.05, 0) is 18.9 Å². The number of carbonyl (C=O) groups excluding carboxylic acids is 2. The normalized spacial score (nSPS) is 12.3. The molecule has 0 N–H and O–H groups in total. The van der Waals surface area contributed by atoms with Gasteiger partial charge in [0.25, 0.3) is 0 Å². The van der Waals surface area contributed by atoms with Gasteiger partial charge >= 0.3 is 5.97 Å². The Labute approximate surface area is 108 Å². The highest BCUT2D eigenvalue weighted by Crippen LogP contribution is 2.16. The second-order valence-electron chi connectivity index (χ2n) is 4.82. The number of Topliss-reactive ketones (excluding diaryl/α,β-unsaturated/α-hetero) is 1. The van der Waals surface area contributed by atoms with E-state index in [0.717, 1.165) is 11.1 Å². The van der Waals surface area contributed by atoms with Crippen molar-refractivity contribution < 1.29 is 14.3 Å². The number of rotatable bonds is 5. The fourth-order valence-corrected chi connectivity index (χ4v) is 1.80. The van der Waals surface area contributed by atoms with Gasteiger partial charge in [0.05, 0.1) is 7.11 Å². The fourth-order valence-electron chi connectivity index (χ4n) is 1.80. The fraction of sp³-hybridized carbons (Fsp3) is 0.467. The van der Waals surface area contributed by atoms with E-state index in [9.17, 15) is 9.59 Å². The molecule has 1 aromatic rings. The summed E-state index contributed by atoms with van der Waals surface area (Å²) in [6.07, 6.45) is 0.407. The Kier molecular flexibility index (Phi) is 5.08. The average molecular weight is 248 g/mol. The Morgan fingerprint density at radius 2 is 1.72 bits per heavy atom. The smallest absolute Gasteiger partial charge is 0.316 e. The van der Waals surface area contributed by atoms with Gasteiger partial charge < -0.3 is 4.74 Å². The number of esters is 1. The molecule has 1 aromatic carbocycles. The zero-order chi connectivity index (χ0) is 13.7. The molecule has 1 rings (SSSR count). The van der Waals surface area contributed by atoms with Crippen LogP contribution in [0.4, 0.5) is 0 Å². The molecule has 18 heavy (non-hydrogen) atoms. The predicted octanol–water partition coefficient (Wildman–Crippen LogP) is 2.55. The van der Waals surface area contributed by atoms with E-state index in [1.807, 2.05) is 31.2 Å². The Hall–Kier alpha value is -1.64. The first-order valence-corrected chi connectivity index (χ1v) is 6.12. The summed E-state index contributed by atoms with van der Waals surface area (Å²) in [4.78, 5) is 23.7. The molecule has 0 spiro atoms. The van der Waals surface area contributed by atoms with Crippen molar-refractivity contribution in [3.8, 4) is 0 Å². The Morgan fingerprint density at radius 1 is 1.17 bits per heavy atom. The van der Waals surface area contributed by atoms with Gasteiger partial charge in [0.1, 0.15) is 11.7 Å². The third-order valence-electron chi connectivity index (χ3n) is 2.96. The Bertz CT molecular complexity index is 418.